The van der Waals surface area contributed by atoms with E-state index in [1.807, 2.05) is 4.90 Å². The maximum Gasteiger partial charge on any atom is 0.418 e. The van der Waals surface area contributed by atoms with Crippen LogP contribution < -0.4 is 10.2 Å². The van der Waals surface area contributed by atoms with Crippen molar-refractivity contribution in [1.29, 1.82) is 0 Å². The largest absolute Gasteiger partial charge is 0.418 e. The second kappa shape index (κ2) is 7.42. The molecular formula is C18H20F3N5O. The number of rotatable bonds is 3. The number of aryl methyl sites for hydroxylation is 1. The molecule has 1 aromatic heterocycles. The number of alkyl halides is 3. The van der Waals surface area contributed by atoms with Gasteiger partial charge in [0.15, 0.2) is 0 Å². The first kappa shape index (κ1) is 18.9. The molecule has 3 rings (SSSR count). The number of nitrogens with zero attached hydrogens (tertiary/aromatic N) is 4. The summed E-state index contributed by atoms with van der Waals surface area (Å²) in [7, 11) is 0. The van der Waals surface area contributed by atoms with Crippen LogP contribution in [0.4, 0.5) is 30.6 Å². The van der Waals surface area contributed by atoms with E-state index in [0.29, 0.717) is 43.6 Å². The molecule has 27 heavy (non-hydrogen) atoms. The minimum Gasteiger partial charge on any atom is -0.340 e. The number of halogens is 3. The summed E-state index contributed by atoms with van der Waals surface area (Å²) >= 11 is 0. The van der Waals surface area contributed by atoms with Crippen molar-refractivity contribution in [2.75, 3.05) is 36.4 Å². The van der Waals surface area contributed by atoms with Crippen molar-refractivity contribution < 1.29 is 18.0 Å². The molecule has 1 N–H and O–H groups in total. The second-order valence-corrected chi connectivity index (χ2v) is 6.36. The molecule has 1 aromatic carbocycles. The number of benzene rings is 1. The summed E-state index contributed by atoms with van der Waals surface area (Å²) in [5, 5.41) is 2.76. The Hall–Kier alpha value is -2.84. The Bertz CT molecular complexity index is 832. The van der Waals surface area contributed by atoms with E-state index < -0.39 is 11.7 Å². The third kappa shape index (κ3) is 4.47. The van der Waals surface area contributed by atoms with Gasteiger partial charge in [-0.2, -0.15) is 18.2 Å². The van der Waals surface area contributed by atoms with Crippen LogP contribution in [0.3, 0.4) is 0 Å². The van der Waals surface area contributed by atoms with E-state index in [-0.39, 0.29) is 11.6 Å². The lowest BCUT2D eigenvalue weighted by atomic mass is 10.1. The van der Waals surface area contributed by atoms with Crippen LogP contribution >= 0.6 is 0 Å². The highest BCUT2D eigenvalue weighted by atomic mass is 19.4. The molecule has 144 valence electrons. The second-order valence-electron chi connectivity index (χ2n) is 6.36. The van der Waals surface area contributed by atoms with Crippen LogP contribution in [0.1, 0.15) is 18.2 Å². The number of piperazine rings is 1. The minimum absolute atomic E-state index is 0.0194. The van der Waals surface area contributed by atoms with Gasteiger partial charge in [0, 0.05) is 44.9 Å². The van der Waals surface area contributed by atoms with Crippen LogP contribution in [0.25, 0.3) is 0 Å². The molecule has 9 heteroatoms. The van der Waals surface area contributed by atoms with Crippen molar-refractivity contribution in [3.05, 3.63) is 41.6 Å². The lowest BCUT2D eigenvalue weighted by molar-refractivity contribution is -0.137. The average molecular weight is 379 g/mol. The Morgan fingerprint density at radius 3 is 2.41 bits per heavy atom. The number of hydrogen-bond donors (Lipinski definition) is 1. The summed E-state index contributed by atoms with van der Waals surface area (Å²) in [4.78, 5) is 23.9. The Balaban J connectivity index is 1.82. The number of hydrogen-bond acceptors (Lipinski definition) is 5. The quantitative estimate of drug-likeness (QED) is 0.887. The molecule has 2 heterocycles. The monoisotopic (exact) mass is 379 g/mol. The summed E-state index contributed by atoms with van der Waals surface area (Å²) in [5.74, 6) is 0.749. The van der Waals surface area contributed by atoms with Crippen molar-refractivity contribution in [1.82, 2.24) is 14.9 Å². The zero-order valence-corrected chi connectivity index (χ0v) is 15.0. The Morgan fingerprint density at radius 1 is 1.11 bits per heavy atom. The number of nitrogens with one attached hydrogen (secondary N) is 1. The molecule has 0 bridgehead atoms. The van der Waals surface area contributed by atoms with Crippen molar-refractivity contribution >= 4 is 23.4 Å². The zero-order valence-electron chi connectivity index (χ0n) is 15.0. The molecule has 0 unspecified atom stereocenters. The first-order valence-corrected chi connectivity index (χ1v) is 8.53. The molecule has 6 nitrogen and oxygen atoms in total. The highest BCUT2D eigenvalue weighted by molar-refractivity contribution is 5.73. The van der Waals surface area contributed by atoms with E-state index in [4.69, 9.17) is 0 Å². The van der Waals surface area contributed by atoms with E-state index in [1.165, 1.54) is 25.1 Å². The molecule has 1 fully saturated rings. The van der Waals surface area contributed by atoms with Crippen molar-refractivity contribution in [3.8, 4) is 0 Å². The molecule has 0 saturated carbocycles. The maximum atomic E-state index is 13.2. The topological polar surface area (TPSA) is 61.4 Å². The van der Waals surface area contributed by atoms with Crippen LogP contribution in [0, 0.1) is 6.92 Å². The summed E-state index contributed by atoms with van der Waals surface area (Å²) in [6.45, 7) is 5.55. The fraction of sp³-hybridized carbons (Fsp3) is 0.389. The molecule has 0 atom stereocenters. The van der Waals surface area contributed by atoms with Gasteiger partial charge in [-0.1, -0.05) is 12.1 Å². The predicted molar refractivity (Wildman–Crippen MR) is 96.0 cm³/mol. The molecule has 0 aliphatic carbocycles. The Morgan fingerprint density at radius 2 is 1.78 bits per heavy atom. The molecular weight excluding hydrogens is 359 g/mol. The van der Waals surface area contributed by atoms with Gasteiger partial charge in [-0.15, -0.1) is 0 Å². The first-order chi connectivity index (χ1) is 12.7. The van der Waals surface area contributed by atoms with Gasteiger partial charge >= 0.3 is 6.18 Å². The van der Waals surface area contributed by atoms with Crippen LogP contribution in [0.15, 0.2) is 30.3 Å². The van der Waals surface area contributed by atoms with Crippen LogP contribution in [-0.2, 0) is 11.0 Å². The van der Waals surface area contributed by atoms with Gasteiger partial charge in [0.25, 0.3) is 0 Å². The van der Waals surface area contributed by atoms with Crippen LogP contribution in [0.2, 0.25) is 0 Å². The van der Waals surface area contributed by atoms with Crippen molar-refractivity contribution in [3.63, 3.8) is 0 Å². The third-order valence-corrected chi connectivity index (χ3v) is 4.35. The summed E-state index contributed by atoms with van der Waals surface area (Å²) in [6, 6.07) is 6.87. The van der Waals surface area contributed by atoms with Gasteiger partial charge in [-0.3, -0.25) is 4.79 Å². The highest BCUT2D eigenvalue weighted by Gasteiger charge is 2.33. The van der Waals surface area contributed by atoms with E-state index in [1.54, 1.807) is 17.9 Å². The minimum atomic E-state index is -4.46. The van der Waals surface area contributed by atoms with Crippen molar-refractivity contribution in [2.45, 2.75) is 20.0 Å². The fourth-order valence-electron chi connectivity index (χ4n) is 2.96. The van der Waals surface area contributed by atoms with E-state index in [0.717, 1.165) is 6.07 Å². The van der Waals surface area contributed by atoms with E-state index >= 15 is 0 Å². The average Bonchev–Trinajstić information content (AvgIpc) is 2.61. The lowest BCUT2D eigenvalue weighted by Crippen LogP contribution is -2.48. The predicted octanol–water partition coefficient (Wildman–Crippen LogP) is 3.22. The molecule has 1 amide bonds. The maximum absolute atomic E-state index is 13.2. The summed E-state index contributed by atoms with van der Waals surface area (Å²) in [6.07, 6.45) is -4.46. The normalized spacial score (nSPS) is 15.0. The molecule has 2 aromatic rings. The van der Waals surface area contributed by atoms with E-state index in [9.17, 15) is 18.0 Å². The third-order valence-electron chi connectivity index (χ3n) is 4.35. The number of carbonyl (C=O) groups is 1. The molecule has 0 radical (unpaired) electrons. The molecule has 1 aliphatic rings. The van der Waals surface area contributed by atoms with Gasteiger partial charge < -0.3 is 15.1 Å². The molecule has 0 spiro atoms. The molecule has 1 aliphatic heterocycles. The lowest BCUT2D eigenvalue weighted by Gasteiger charge is -2.34. The number of aromatic nitrogens is 2. The van der Waals surface area contributed by atoms with Gasteiger partial charge in [-0.25, -0.2) is 4.98 Å². The van der Waals surface area contributed by atoms with Crippen LogP contribution in [0.5, 0.6) is 0 Å². The standard InChI is InChI=1S/C18H20F3N5O/c1-12-11-16(23-15-6-4-3-5-14(15)18(19,20)21)24-17(22-12)26-9-7-25(8-10-26)13(2)27/h3-6,11H,7-10H2,1-2H3,(H,22,23,24). The van der Waals surface area contributed by atoms with Gasteiger partial charge in [0.05, 0.1) is 11.3 Å². The van der Waals surface area contributed by atoms with E-state index in [2.05, 4.69) is 15.3 Å². The SMILES string of the molecule is CC(=O)N1CCN(c2nc(C)cc(Nc3ccccc3C(F)(F)F)n2)CC1. The molecule has 1 saturated heterocycles. The Labute approximate surface area is 155 Å². The number of amides is 1. The van der Waals surface area contributed by atoms with Crippen molar-refractivity contribution in [2.24, 2.45) is 0 Å². The smallest absolute Gasteiger partial charge is 0.340 e. The number of para-hydroxylation sites is 1. The van der Waals surface area contributed by atoms with Gasteiger partial charge in [-0.05, 0) is 19.1 Å². The van der Waals surface area contributed by atoms with Crippen LogP contribution in [-0.4, -0.2) is 47.0 Å². The summed E-state index contributed by atoms with van der Waals surface area (Å²) < 4.78 is 39.6. The first-order valence-electron chi connectivity index (χ1n) is 8.53. The zero-order chi connectivity index (χ0) is 19.6. The summed E-state index contributed by atoms with van der Waals surface area (Å²) in [5.41, 5.74) is -0.172. The van der Waals surface area contributed by atoms with Gasteiger partial charge in [0.1, 0.15) is 5.82 Å². The Kier molecular flexibility index (Phi) is 5.20. The highest BCUT2D eigenvalue weighted by Crippen LogP contribution is 2.35. The number of carbonyl (C=O) groups excluding carboxylic acids is 1. The number of anilines is 3. The fourth-order valence-corrected chi connectivity index (χ4v) is 2.96. The van der Waals surface area contributed by atoms with Gasteiger partial charge in [0.2, 0.25) is 11.9 Å².